The van der Waals surface area contributed by atoms with Gasteiger partial charge >= 0.3 is 5.97 Å². The number of carbonyl (C=O) groups excluding carboxylic acids is 1. The number of carbonyl (C=O) groups is 2. The number of carboxylic acid groups (broad SMARTS) is 1. The van der Waals surface area contributed by atoms with Crippen molar-refractivity contribution in [3.63, 3.8) is 0 Å². The Morgan fingerprint density at radius 3 is 2.94 bits per heavy atom. The molecule has 0 saturated carbocycles. The summed E-state index contributed by atoms with van der Waals surface area (Å²) < 4.78 is 0. The third-order valence-corrected chi connectivity index (χ3v) is 3.33. The molecule has 2 N–H and O–H groups in total. The molecule has 1 saturated heterocycles. The fourth-order valence-electron chi connectivity index (χ4n) is 2.35. The van der Waals surface area contributed by atoms with Crippen molar-refractivity contribution in [3.8, 4) is 0 Å². The summed E-state index contributed by atoms with van der Waals surface area (Å²) in [7, 11) is 0. The summed E-state index contributed by atoms with van der Waals surface area (Å²) in [5.41, 5.74) is -1.09. The summed E-state index contributed by atoms with van der Waals surface area (Å²) in [5, 5.41) is 15.4. The standard InChI is InChI=1S/C10H14N4O3/c1-2-10(9(16)17)4-3-5-14(10)8(15)7-11-6-12-13-7/h6H,2-5H2,1H3,(H,16,17)(H,11,12,13). The lowest BCUT2D eigenvalue weighted by Gasteiger charge is -2.33. The van der Waals surface area contributed by atoms with E-state index in [-0.39, 0.29) is 5.82 Å². The molecule has 1 unspecified atom stereocenters. The van der Waals surface area contributed by atoms with Crippen molar-refractivity contribution in [2.45, 2.75) is 31.7 Å². The molecule has 7 nitrogen and oxygen atoms in total. The molecule has 7 heteroatoms. The number of rotatable bonds is 3. The van der Waals surface area contributed by atoms with Crippen LogP contribution >= 0.6 is 0 Å². The number of aromatic amines is 1. The summed E-state index contributed by atoms with van der Waals surface area (Å²) in [6.07, 6.45) is 2.80. The molecule has 1 fully saturated rings. The quantitative estimate of drug-likeness (QED) is 0.787. The highest BCUT2D eigenvalue weighted by Crippen LogP contribution is 2.33. The fourth-order valence-corrected chi connectivity index (χ4v) is 2.35. The van der Waals surface area contributed by atoms with Crippen LogP contribution in [-0.4, -0.2) is 49.1 Å². The summed E-state index contributed by atoms with van der Waals surface area (Å²) in [5.74, 6) is -1.26. The number of H-pyrrole nitrogens is 1. The highest BCUT2D eigenvalue weighted by molar-refractivity contribution is 5.95. The van der Waals surface area contributed by atoms with Crippen molar-refractivity contribution in [1.29, 1.82) is 0 Å². The zero-order valence-corrected chi connectivity index (χ0v) is 9.51. The largest absolute Gasteiger partial charge is 0.479 e. The first kappa shape index (κ1) is 11.6. The van der Waals surface area contributed by atoms with Gasteiger partial charge in [-0.1, -0.05) is 6.92 Å². The Bertz CT molecular complexity index is 431. The number of nitrogens with one attached hydrogen (secondary N) is 1. The van der Waals surface area contributed by atoms with Crippen molar-refractivity contribution in [2.24, 2.45) is 0 Å². The van der Waals surface area contributed by atoms with E-state index < -0.39 is 17.4 Å². The molecule has 2 rings (SSSR count). The van der Waals surface area contributed by atoms with Gasteiger partial charge in [0.2, 0.25) is 5.82 Å². The molecular formula is C10H14N4O3. The molecule has 17 heavy (non-hydrogen) atoms. The predicted octanol–water partition coefficient (Wildman–Crippen LogP) is 0.274. The van der Waals surface area contributed by atoms with Crippen molar-refractivity contribution in [1.82, 2.24) is 20.1 Å². The van der Waals surface area contributed by atoms with Crippen molar-refractivity contribution >= 4 is 11.9 Å². The van der Waals surface area contributed by atoms with Crippen LogP contribution in [0.4, 0.5) is 0 Å². The van der Waals surface area contributed by atoms with Gasteiger partial charge in [-0.15, -0.1) is 0 Å². The molecule has 0 aromatic carbocycles. The third-order valence-electron chi connectivity index (χ3n) is 3.33. The Hall–Kier alpha value is -1.92. The fraction of sp³-hybridized carbons (Fsp3) is 0.600. The van der Waals surface area contributed by atoms with E-state index >= 15 is 0 Å². The number of aromatic nitrogens is 3. The van der Waals surface area contributed by atoms with Crippen molar-refractivity contribution in [2.75, 3.05) is 6.54 Å². The normalized spacial score (nSPS) is 23.9. The summed E-state index contributed by atoms with van der Waals surface area (Å²) >= 11 is 0. The maximum atomic E-state index is 12.1. The highest BCUT2D eigenvalue weighted by Gasteiger charge is 2.49. The maximum absolute atomic E-state index is 12.1. The van der Waals surface area contributed by atoms with Crippen molar-refractivity contribution in [3.05, 3.63) is 12.2 Å². The number of aliphatic carboxylic acids is 1. The van der Waals surface area contributed by atoms with Gasteiger partial charge in [0.05, 0.1) is 0 Å². The Morgan fingerprint density at radius 2 is 2.41 bits per heavy atom. The van der Waals surface area contributed by atoms with E-state index in [1.165, 1.54) is 11.2 Å². The van der Waals surface area contributed by atoms with E-state index in [2.05, 4.69) is 15.2 Å². The molecule has 0 aliphatic carbocycles. The zero-order valence-electron chi connectivity index (χ0n) is 9.51. The molecular weight excluding hydrogens is 224 g/mol. The Labute approximate surface area is 97.8 Å². The maximum Gasteiger partial charge on any atom is 0.329 e. The van der Waals surface area contributed by atoms with Gasteiger partial charge in [-0.2, -0.15) is 5.10 Å². The molecule has 1 aromatic heterocycles. The van der Waals surface area contributed by atoms with Crippen LogP contribution in [0.3, 0.4) is 0 Å². The molecule has 1 aliphatic rings. The smallest absolute Gasteiger partial charge is 0.329 e. The van der Waals surface area contributed by atoms with Gasteiger partial charge in [0, 0.05) is 6.54 Å². The number of hydrogen-bond acceptors (Lipinski definition) is 4. The topological polar surface area (TPSA) is 99.2 Å². The lowest BCUT2D eigenvalue weighted by Crippen LogP contribution is -2.52. The van der Waals surface area contributed by atoms with Crippen LogP contribution in [0.5, 0.6) is 0 Å². The van der Waals surface area contributed by atoms with Gasteiger partial charge in [-0.3, -0.25) is 9.89 Å². The predicted molar refractivity (Wildman–Crippen MR) is 57.3 cm³/mol. The van der Waals surface area contributed by atoms with Crippen LogP contribution < -0.4 is 0 Å². The van der Waals surface area contributed by atoms with Crippen molar-refractivity contribution < 1.29 is 14.7 Å². The minimum absolute atomic E-state index is 0.0889. The second kappa shape index (κ2) is 4.15. The summed E-state index contributed by atoms with van der Waals surface area (Å²) in [4.78, 5) is 28.7. The molecule has 0 radical (unpaired) electrons. The van der Waals surface area contributed by atoms with Gasteiger partial charge in [-0.05, 0) is 19.3 Å². The second-order valence-electron chi connectivity index (χ2n) is 4.08. The van der Waals surface area contributed by atoms with Gasteiger partial charge in [0.15, 0.2) is 0 Å². The minimum Gasteiger partial charge on any atom is -0.479 e. The second-order valence-corrected chi connectivity index (χ2v) is 4.08. The molecule has 1 aliphatic heterocycles. The Morgan fingerprint density at radius 1 is 1.65 bits per heavy atom. The minimum atomic E-state index is -1.09. The van der Waals surface area contributed by atoms with Crippen LogP contribution in [0.2, 0.25) is 0 Å². The first-order chi connectivity index (χ1) is 8.12. The van der Waals surface area contributed by atoms with Gasteiger partial charge < -0.3 is 10.0 Å². The molecule has 1 aromatic rings. The number of amides is 1. The Kier molecular flexibility index (Phi) is 2.83. The van der Waals surface area contributed by atoms with Crippen LogP contribution in [0.15, 0.2) is 6.33 Å². The van der Waals surface area contributed by atoms with Crippen LogP contribution in [0, 0.1) is 0 Å². The summed E-state index contributed by atoms with van der Waals surface area (Å²) in [6, 6.07) is 0. The molecule has 0 spiro atoms. The zero-order chi connectivity index (χ0) is 12.5. The first-order valence-electron chi connectivity index (χ1n) is 5.52. The van der Waals surface area contributed by atoms with E-state index in [0.29, 0.717) is 25.8 Å². The highest BCUT2D eigenvalue weighted by atomic mass is 16.4. The van der Waals surface area contributed by atoms with Gasteiger partial charge in [0.1, 0.15) is 11.9 Å². The van der Waals surface area contributed by atoms with Crippen LogP contribution in [0.25, 0.3) is 0 Å². The monoisotopic (exact) mass is 238 g/mol. The molecule has 1 atom stereocenters. The van der Waals surface area contributed by atoms with E-state index in [0.717, 1.165) is 0 Å². The molecule has 1 amide bonds. The van der Waals surface area contributed by atoms with Gasteiger partial charge in [-0.25, -0.2) is 9.78 Å². The number of carboxylic acids is 1. The number of nitrogens with zero attached hydrogens (tertiary/aromatic N) is 3. The average molecular weight is 238 g/mol. The SMILES string of the molecule is CCC1(C(=O)O)CCCN1C(=O)c1ncn[nH]1. The summed E-state index contributed by atoms with van der Waals surface area (Å²) in [6.45, 7) is 2.22. The lowest BCUT2D eigenvalue weighted by molar-refractivity contribution is -0.148. The Balaban J connectivity index is 2.31. The van der Waals surface area contributed by atoms with Crippen LogP contribution in [0.1, 0.15) is 36.8 Å². The van der Waals surface area contributed by atoms with E-state index in [9.17, 15) is 14.7 Å². The molecule has 92 valence electrons. The lowest BCUT2D eigenvalue weighted by atomic mass is 9.93. The first-order valence-corrected chi connectivity index (χ1v) is 5.52. The molecule has 2 heterocycles. The molecule has 0 bridgehead atoms. The number of hydrogen-bond donors (Lipinski definition) is 2. The van der Waals surface area contributed by atoms with Gasteiger partial charge in [0.25, 0.3) is 5.91 Å². The number of likely N-dealkylation sites (tertiary alicyclic amines) is 1. The van der Waals surface area contributed by atoms with E-state index in [1.54, 1.807) is 6.92 Å². The van der Waals surface area contributed by atoms with Crippen LogP contribution in [-0.2, 0) is 4.79 Å². The average Bonchev–Trinajstić information content (AvgIpc) is 2.97. The van der Waals surface area contributed by atoms with E-state index in [4.69, 9.17) is 0 Å². The third kappa shape index (κ3) is 1.67. The van der Waals surface area contributed by atoms with E-state index in [1.807, 2.05) is 0 Å².